The zero-order valence-corrected chi connectivity index (χ0v) is 85.7. The van der Waals surface area contributed by atoms with Gasteiger partial charge in [-0.05, 0) is 172 Å². The summed E-state index contributed by atoms with van der Waals surface area (Å²) < 4.78 is 154. The number of benzene rings is 4. The SMILES string of the molecule is [2H]C([2H])(OC(=O)N[C@@H](CC(C)C)C(=O)C[C@@H](C[C@@H]1CCNC1=O)C(O)S(=O)(=O)[O-])c1cccc(Cl)c1.[2H]C([2H])(OC(=O)N[C@@H](CC(C)C)C(=O)C[C@H](C=O)C[C@@H]1CCNC1=O)c1cccc(Cl)c1.[2H]C([2H])(OC(=O)N[C@@H](CC1CCCCC1)C(=O)C[C@@H](C[C@@H]1CCNC1=O)C(O)S(=O)(=O)[O-])c1cccc(Cl)c1.[2H]C([2H])(OC(=O)N[C@@H](CC1CCCCC1)C(=O)C[C@H](C=O)C[C@@H]1CCNC1=O)c1cccc(Cl)c1.[Na+].[Na+]. The number of hydrogen-bond acceptors (Lipinski definition) is 26. The molecule has 740 valence electrons. The minimum atomic E-state index is -5.19. The van der Waals surface area contributed by atoms with Gasteiger partial charge in [0.25, 0.3) is 0 Å². The Kier molecular flexibility index (Phi) is 47.9. The Bertz CT molecular complexity index is 5260. The topological polar surface area (TPSA) is 527 Å². The molecule has 8 amide bonds. The van der Waals surface area contributed by atoms with Crippen LogP contribution >= 0.6 is 46.4 Å². The van der Waals surface area contributed by atoms with Crippen LogP contribution in [0.15, 0.2) is 97.1 Å². The van der Waals surface area contributed by atoms with E-state index >= 15 is 0 Å². The van der Waals surface area contributed by atoms with E-state index in [1.165, 1.54) is 78.9 Å². The number of nitrogens with one attached hydrogen (secondary N) is 8. The molecule has 136 heavy (non-hydrogen) atoms. The maximum absolute atomic E-state index is 13.4. The van der Waals surface area contributed by atoms with Crippen LogP contribution in [0.3, 0.4) is 0 Å². The maximum Gasteiger partial charge on any atom is 1.00 e. The molecule has 2 aliphatic carbocycles. The number of ether oxygens (including phenoxy) is 4. The quantitative estimate of drug-likeness (QED) is 0.0100. The fourth-order valence-corrected chi connectivity index (χ4v) is 19.0. The van der Waals surface area contributed by atoms with Gasteiger partial charge in [-0.3, -0.25) is 38.4 Å². The first-order chi connectivity index (χ1) is 66.5. The Labute approximate surface area is 870 Å². The molecule has 6 fully saturated rings. The van der Waals surface area contributed by atoms with Crippen LogP contribution < -0.4 is 102 Å². The summed E-state index contributed by atoms with van der Waals surface area (Å²) in [6.07, 6.45) is 8.21. The fraction of sp³-hybridized carbons (Fsp3) is 0.596. The standard InChI is InChI=1S/C25H35ClN2O8S.C25H33ClN2O5.C22H31ClN2O8S.C22H29ClN2O5.2Na/c26-20-8-4-7-17(11-20)15-36-25(32)28-21(12-16-5-2-1-3-6-16)22(29)14-19(24(31)37(33,34)35)13-18-9-10-27-23(18)30;26-21-8-4-7-18(12-21)16-33-25(32)28-22(13-17-5-2-1-3-6-17)23(30)14-19(15-29)11-20-9-10-27-24(20)31;1-13(2)8-18(25-22(29)33-12-14-4-3-5-17(23)9-14)19(26)11-16(21(28)34(30,31)32)10-15-6-7-24-20(15)27;1-14(2)8-19(25-22(29)30-13-15-4-3-5-18(23)10-15)20(27)11-16(12-26)9-17-6-7-24-21(17)28;;/h4,7-8,11,16,18-19,21,24,31H,1-3,5-6,9-10,12-15H2,(H,27,30)(H,28,32)(H,33,34,35);4,7-8,12,15,17,19-20,22H,1-3,5-6,9-11,13-14,16H2,(H,27,31)(H,28,32);3-5,9,13,15-16,18,21,28H,6-8,10-12H2,1-2H3,(H,24,27)(H,25,29)(H,30,31,32);3-5,10,12,14,16-17,19H,6-9,11,13H2,1-2H3,(H,24,28)(H,25,29);;/q;;;;2*+1/p-2/t18-,19+,21-,24?;19-,20+,22+;15-,16+,18-,21?;16-,17+,19+;;/m0101../s1/i15D2;16D2;12D2;13D2;;. The molecule has 2 unspecified atom stereocenters. The van der Waals surface area contributed by atoms with Crippen LogP contribution in [0.1, 0.15) is 228 Å². The first-order valence-corrected chi connectivity index (χ1v) is 49.4. The van der Waals surface area contributed by atoms with E-state index in [1.54, 1.807) is 32.0 Å². The van der Waals surface area contributed by atoms with Crippen LogP contribution in [0.25, 0.3) is 0 Å². The zero-order valence-electron chi connectivity index (χ0n) is 85.0. The van der Waals surface area contributed by atoms with Crippen molar-refractivity contribution in [2.75, 3.05) is 26.2 Å². The number of ketones is 4. The summed E-state index contributed by atoms with van der Waals surface area (Å²) in [5.74, 6) is -8.67. The van der Waals surface area contributed by atoms with Gasteiger partial charge in [-0.15, -0.1) is 0 Å². The third-order valence-electron chi connectivity index (χ3n) is 23.7. The van der Waals surface area contributed by atoms with Crippen LogP contribution in [0.5, 0.6) is 0 Å². The number of aliphatic hydroxyl groups is 2. The molecule has 34 nitrogen and oxygen atoms in total. The Morgan fingerprint density at radius 2 is 0.654 bits per heavy atom. The summed E-state index contributed by atoms with van der Waals surface area (Å²) in [6, 6.07) is 18.9. The van der Waals surface area contributed by atoms with Gasteiger partial charge < -0.3 is 90.4 Å². The van der Waals surface area contributed by atoms with Crippen LogP contribution in [0.2, 0.25) is 20.1 Å². The molecule has 4 heterocycles. The van der Waals surface area contributed by atoms with Gasteiger partial charge in [-0.25, -0.2) is 36.0 Å². The van der Waals surface area contributed by atoms with Gasteiger partial charge in [-0.1, -0.05) is 187 Å². The molecule has 2 saturated carbocycles. The largest absolute Gasteiger partial charge is 1.00 e. The van der Waals surface area contributed by atoms with Gasteiger partial charge in [0, 0.05) is 119 Å². The first kappa shape index (κ1) is 106. The number of halogens is 4. The summed E-state index contributed by atoms with van der Waals surface area (Å²) in [7, 11) is -10.4. The summed E-state index contributed by atoms with van der Waals surface area (Å²) in [4.78, 5) is 174. The Morgan fingerprint density at radius 1 is 0.404 bits per heavy atom. The number of rotatable bonds is 46. The van der Waals surface area contributed by atoms with Gasteiger partial charge in [0.2, 0.25) is 23.6 Å². The molecule has 6 aliphatic rings. The van der Waals surface area contributed by atoms with E-state index in [0.717, 1.165) is 64.2 Å². The second-order valence-corrected chi connectivity index (χ2v) is 40.0. The molecule has 4 aromatic carbocycles. The summed E-state index contributed by atoms with van der Waals surface area (Å²) in [5, 5.41) is 41.8. The average molecular weight is 2040 g/mol. The molecular weight excluding hydrogens is 1910 g/mol. The number of amides is 8. The molecule has 0 spiro atoms. The number of Topliss-reactive ketones (excluding diaryl/α,β-unsaturated/α-hetero) is 4. The molecule has 4 saturated heterocycles. The van der Waals surface area contributed by atoms with E-state index < -0.39 is 166 Å². The summed E-state index contributed by atoms with van der Waals surface area (Å²) >= 11 is 23.6. The zero-order chi connectivity index (χ0) is 105. The van der Waals surface area contributed by atoms with Crippen LogP contribution in [-0.2, 0) is 113 Å². The van der Waals surface area contributed by atoms with Crippen molar-refractivity contribution in [1.29, 1.82) is 0 Å². The van der Waals surface area contributed by atoms with Gasteiger partial charge in [0.1, 0.15) is 69.9 Å². The van der Waals surface area contributed by atoms with Gasteiger partial charge in [-0.2, -0.15) is 0 Å². The van der Waals surface area contributed by atoms with Gasteiger partial charge >= 0.3 is 83.5 Å². The monoisotopic (exact) mass is 2040 g/mol. The molecule has 10 rings (SSSR count). The fourth-order valence-electron chi connectivity index (χ4n) is 16.8. The Morgan fingerprint density at radius 3 is 0.897 bits per heavy atom. The predicted octanol–water partition coefficient (Wildman–Crippen LogP) is 6.31. The van der Waals surface area contributed by atoms with Crippen molar-refractivity contribution in [2.24, 2.45) is 71.0 Å². The predicted molar refractivity (Wildman–Crippen MR) is 494 cm³/mol. The third-order valence-corrected chi connectivity index (χ3v) is 26.6. The number of hydrogen-bond donors (Lipinski definition) is 10. The van der Waals surface area contributed by atoms with Crippen molar-refractivity contribution in [3.8, 4) is 0 Å². The summed E-state index contributed by atoms with van der Waals surface area (Å²) in [6.45, 7) is -0.960. The minimum absolute atomic E-state index is 0. The molecular formula is C94H126Cl4N8Na2O26S2. The van der Waals surface area contributed by atoms with E-state index in [-0.39, 0.29) is 207 Å². The van der Waals surface area contributed by atoms with Gasteiger partial charge in [0.05, 0.1) is 35.1 Å². The van der Waals surface area contributed by atoms with E-state index in [4.69, 9.17) is 76.3 Å². The van der Waals surface area contributed by atoms with E-state index in [1.807, 2.05) is 13.8 Å². The van der Waals surface area contributed by atoms with E-state index in [2.05, 4.69) is 42.5 Å². The second kappa shape index (κ2) is 61.5. The molecule has 0 bridgehead atoms. The summed E-state index contributed by atoms with van der Waals surface area (Å²) in [5.41, 5.74) is -4.74. The molecule has 42 heteroatoms. The Hall–Kier alpha value is -7.24. The molecule has 4 aliphatic heterocycles. The molecule has 4 aromatic rings. The number of aliphatic hydroxyl groups excluding tert-OH is 2. The van der Waals surface area contributed by atoms with Gasteiger partial charge in [0.15, 0.2) is 23.1 Å². The van der Waals surface area contributed by atoms with Crippen molar-refractivity contribution in [3.05, 3.63) is 139 Å². The minimum Gasteiger partial charge on any atom is -0.746 e. The normalized spacial score (nSPS) is 20.6. The molecule has 14 atom stereocenters. The van der Waals surface area contributed by atoms with Crippen LogP contribution in [0.4, 0.5) is 19.2 Å². The third kappa shape index (κ3) is 44.3. The first-order valence-electron chi connectivity index (χ1n) is 48.9. The molecule has 10 N–H and O–H groups in total. The molecule has 0 radical (unpaired) electrons. The van der Waals surface area contributed by atoms with Crippen LogP contribution in [0, 0.1) is 71.0 Å². The molecule has 0 aromatic heterocycles. The van der Waals surface area contributed by atoms with Crippen LogP contribution in [-0.4, -0.2) is 181 Å². The van der Waals surface area contributed by atoms with Crippen molar-refractivity contribution in [3.63, 3.8) is 0 Å². The Balaban J connectivity index is 0.000000337. The number of carbonyl (C=O) groups excluding carboxylic acids is 14. The van der Waals surface area contributed by atoms with Crippen molar-refractivity contribution in [1.82, 2.24) is 42.5 Å². The number of carbonyl (C=O) groups is 14. The van der Waals surface area contributed by atoms with E-state index in [9.17, 15) is 103 Å². The average Bonchev–Trinajstić information content (AvgIpc) is 0.884. The number of alkyl carbamates (subject to hydrolysis) is 4. The van der Waals surface area contributed by atoms with Crippen molar-refractivity contribution < 1.29 is 192 Å². The maximum atomic E-state index is 13.4. The van der Waals surface area contributed by atoms with Crippen molar-refractivity contribution in [2.45, 2.75) is 256 Å². The smallest absolute Gasteiger partial charge is 0.746 e. The second-order valence-electron chi connectivity index (χ2n) is 35.3. The van der Waals surface area contributed by atoms with E-state index in [0.29, 0.717) is 93.7 Å². The number of aldehydes is 2. The van der Waals surface area contributed by atoms with Crippen molar-refractivity contribution >= 4 is 150 Å².